The molecule has 0 spiro atoms. The zero-order valence-electron chi connectivity index (χ0n) is 12.6. The molecule has 0 heterocycles. The lowest BCUT2D eigenvalue weighted by Gasteiger charge is -2.55. The van der Waals surface area contributed by atoms with Crippen molar-refractivity contribution in [3.8, 4) is 0 Å². The molecular formula is C15H31N3. The molecule has 0 bridgehead atoms. The zero-order chi connectivity index (χ0) is 13.8. The third-order valence-electron chi connectivity index (χ3n) is 5.53. The van der Waals surface area contributed by atoms with Gasteiger partial charge in [0.05, 0.1) is 5.54 Å². The molecule has 1 aliphatic carbocycles. The van der Waals surface area contributed by atoms with Crippen LogP contribution in [0, 0.1) is 11.3 Å². The molecule has 1 aliphatic rings. The monoisotopic (exact) mass is 253 g/mol. The molecule has 2 atom stereocenters. The fourth-order valence-electron chi connectivity index (χ4n) is 4.65. The quantitative estimate of drug-likeness (QED) is 0.582. The normalized spacial score (nSPS) is 31.0. The molecule has 3 nitrogen and oxygen atoms in total. The van der Waals surface area contributed by atoms with Gasteiger partial charge in [0.2, 0.25) is 0 Å². The zero-order valence-corrected chi connectivity index (χ0v) is 12.6. The Balaban J connectivity index is 3.30. The van der Waals surface area contributed by atoms with Crippen LogP contribution in [0.5, 0.6) is 0 Å². The summed E-state index contributed by atoms with van der Waals surface area (Å²) in [5.74, 6) is 1.02. The molecule has 106 valence electrons. The molecule has 0 saturated heterocycles. The lowest BCUT2D eigenvalue weighted by atomic mass is 9.52. The van der Waals surface area contributed by atoms with Crippen molar-refractivity contribution in [1.29, 1.82) is 0 Å². The van der Waals surface area contributed by atoms with Crippen LogP contribution in [0.1, 0.15) is 72.6 Å². The van der Waals surface area contributed by atoms with Crippen molar-refractivity contribution in [3.05, 3.63) is 0 Å². The Bertz CT molecular complexity index is 290. The first-order valence-corrected chi connectivity index (χ1v) is 7.62. The smallest absolute Gasteiger partial charge is 0.186 e. The first-order chi connectivity index (χ1) is 8.51. The van der Waals surface area contributed by atoms with Crippen molar-refractivity contribution in [1.82, 2.24) is 0 Å². The van der Waals surface area contributed by atoms with Crippen LogP contribution < -0.4 is 11.5 Å². The number of hydrogen-bond acceptors (Lipinski definition) is 1. The molecule has 1 rings (SSSR count). The van der Waals surface area contributed by atoms with Gasteiger partial charge in [-0.2, -0.15) is 0 Å². The first-order valence-electron chi connectivity index (χ1n) is 7.62. The third kappa shape index (κ3) is 2.24. The highest BCUT2D eigenvalue weighted by atomic mass is 15.0. The minimum atomic E-state index is -0.0335. The largest absolute Gasteiger partial charge is 0.370 e. The van der Waals surface area contributed by atoms with Gasteiger partial charge in [0, 0.05) is 0 Å². The van der Waals surface area contributed by atoms with Crippen LogP contribution in [-0.2, 0) is 0 Å². The number of aliphatic imine (C=N–C) groups is 1. The number of hydrogen-bond donors (Lipinski definition) is 2. The Hall–Kier alpha value is -0.730. The first kappa shape index (κ1) is 15.3. The molecule has 2 unspecified atom stereocenters. The Kier molecular flexibility index (Phi) is 5.06. The van der Waals surface area contributed by atoms with Gasteiger partial charge in [-0.25, -0.2) is 4.99 Å². The van der Waals surface area contributed by atoms with Crippen LogP contribution in [0.2, 0.25) is 0 Å². The topological polar surface area (TPSA) is 64.4 Å². The molecule has 0 amide bonds. The molecule has 3 heteroatoms. The van der Waals surface area contributed by atoms with Gasteiger partial charge in [0.1, 0.15) is 0 Å². The summed E-state index contributed by atoms with van der Waals surface area (Å²) in [5.41, 5.74) is 11.7. The van der Waals surface area contributed by atoms with E-state index >= 15 is 0 Å². The average Bonchev–Trinajstić information content (AvgIpc) is 2.37. The highest BCUT2D eigenvalue weighted by molar-refractivity contribution is 5.76. The molecule has 0 aromatic carbocycles. The lowest BCUT2D eigenvalue weighted by Crippen LogP contribution is -2.54. The molecule has 4 N–H and O–H groups in total. The van der Waals surface area contributed by atoms with Gasteiger partial charge < -0.3 is 11.5 Å². The predicted molar refractivity (Wildman–Crippen MR) is 79.5 cm³/mol. The summed E-state index contributed by atoms with van der Waals surface area (Å²) in [4.78, 5) is 4.75. The Morgan fingerprint density at radius 3 is 2.11 bits per heavy atom. The summed E-state index contributed by atoms with van der Waals surface area (Å²) in [6, 6.07) is 0. The average molecular weight is 253 g/mol. The lowest BCUT2D eigenvalue weighted by molar-refractivity contribution is -0.0140. The van der Waals surface area contributed by atoms with Gasteiger partial charge in [0.15, 0.2) is 5.96 Å². The van der Waals surface area contributed by atoms with E-state index in [9.17, 15) is 0 Å². The van der Waals surface area contributed by atoms with E-state index in [0.717, 1.165) is 18.8 Å². The minimum absolute atomic E-state index is 0.0335. The van der Waals surface area contributed by atoms with Crippen molar-refractivity contribution in [2.24, 2.45) is 27.8 Å². The number of rotatable bonds is 5. The van der Waals surface area contributed by atoms with E-state index in [0.29, 0.717) is 0 Å². The summed E-state index contributed by atoms with van der Waals surface area (Å²) in [5, 5.41) is 0. The fourth-order valence-corrected chi connectivity index (χ4v) is 4.65. The Morgan fingerprint density at radius 2 is 1.72 bits per heavy atom. The van der Waals surface area contributed by atoms with E-state index < -0.39 is 0 Å². The van der Waals surface area contributed by atoms with E-state index in [1.54, 1.807) is 0 Å². The van der Waals surface area contributed by atoms with Crippen molar-refractivity contribution in [3.63, 3.8) is 0 Å². The molecule has 0 aromatic heterocycles. The van der Waals surface area contributed by atoms with Crippen LogP contribution in [0.4, 0.5) is 0 Å². The van der Waals surface area contributed by atoms with Gasteiger partial charge in [0.25, 0.3) is 0 Å². The minimum Gasteiger partial charge on any atom is -0.370 e. The maximum Gasteiger partial charge on any atom is 0.186 e. The third-order valence-corrected chi connectivity index (χ3v) is 5.53. The second kappa shape index (κ2) is 5.94. The van der Waals surface area contributed by atoms with Gasteiger partial charge in [-0.3, -0.25) is 0 Å². The highest BCUT2D eigenvalue weighted by Gasteiger charge is 2.53. The summed E-state index contributed by atoms with van der Waals surface area (Å²) in [6.07, 6.45) is 8.36. The van der Waals surface area contributed by atoms with Gasteiger partial charge in [-0.1, -0.05) is 40.5 Å². The second-order valence-electron chi connectivity index (χ2n) is 5.78. The Labute approximate surface area is 112 Å². The van der Waals surface area contributed by atoms with E-state index in [4.69, 9.17) is 16.5 Å². The maximum atomic E-state index is 5.73. The molecule has 0 aliphatic heterocycles. The van der Waals surface area contributed by atoms with Crippen LogP contribution in [0.3, 0.4) is 0 Å². The van der Waals surface area contributed by atoms with Crippen LogP contribution in [0.25, 0.3) is 0 Å². The molecule has 0 aromatic rings. The van der Waals surface area contributed by atoms with Crippen molar-refractivity contribution in [2.45, 2.75) is 78.2 Å². The summed E-state index contributed by atoms with van der Waals surface area (Å²) >= 11 is 0. The summed E-state index contributed by atoms with van der Waals surface area (Å²) in [7, 11) is 0. The number of nitrogens with zero attached hydrogens (tertiary/aromatic N) is 1. The fraction of sp³-hybridized carbons (Fsp3) is 0.933. The van der Waals surface area contributed by atoms with Gasteiger partial charge >= 0.3 is 0 Å². The van der Waals surface area contributed by atoms with Gasteiger partial charge in [-0.15, -0.1) is 0 Å². The van der Waals surface area contributed by atoms with Crippen LogP contribution in [-0.4, -0.2) is 11.5 Å². The standard InChI is InChI=1S/C15H31N3/c1-5-12-10-9-11-15(8-4,18-13(16)17)14(12,6-2)7-3/h12H,5-11H2,1-4H3,(H4,16,17,18). The molecule has 18 heavy (non-hydrogen) atoms. The number of nitrogens with two attached hydrogens (primary N) is 2. The highest BCUT2D eigenvalue weighted by Crippen LogP contribution is 2.57. The molecule has 0 radical (unpaired) electrons. The van der Waals surface area contributed by atoms with Crippen molar-refractivity contribution in [2.75, 3.05) is 0 Å². The molecule has 1 saturated carbocycles. The number of guanidine groups is 1. The second-order valence-corrected chi connectivity index (χ2v) is 5.78. The summed E-state index contributed by atoms with van der Waals surface area (Å²) < 4.78 is 0. The van der Waals surface area contributed by atoms with E-state index in [-0.39, 0.29) is 16.9 Å². The SMILES string of the molecule is CCC1CCCC(CC)(N=C(N)N)C1(CC)CC. The molecule has 1 fully saturated rings. The predicted octanol–water partition coefficient (Wildman–Crippen LogP) is 3.43. The Morgan fingerprint density at radius 1 is 1.11 bits per heavy atom. The van der Waals surface area contributed by atoms with E-state index in [1.807, 2.05) is 0 Å². The maximum absolute atomic E-state index is 5.73. The van der Waals surface area contributed by atoms with Gasteiger partial charge in [-0.05, 0) is 43.4 Å². The van der Waals surface area contributed by atoms with Crippen molar-refractivity contribution >= 4 is 5.96 Å². The molecular weight excluding hydrogens is 222 g/mol. The van der Waals surface area contributed by atoms with E-state index in [2.05, 4.69) is 27.7 Å². The van der Waals surface area contributed by atoms with E-state index in [1.165, 1.54) is 32.1 Å². The van der Waals surface area contributed by atoms with Crippen LogP contribution >= 0.6 is 0 Å². The van der Waals surface area contributed by atoms with Crippen LogP contribution in [0.15, 0.2) is 4.99 Å². The van der Waals surface area contributed by atoms with Crippen molar-refractivity contribution < 1.29 is 0 Å². The summed E-state index contributed by atoms with van der Waals surface area (Å²) in [6.45, 7) is 9.17.